The summed E-state index contributed by atoms with van der Waals surface area (Å²) in [6, 6.07) is -0.469. The third-order valence-electron chi connectivity index (χ3n) is 6.50. The van der Waals surface area contributed by atoms with E-state index in [1.54, 1.807) is 0 Å². The van der Waals surface area contributed by atoms with Crippen LogP contribution in [0.2, 0.25) is 0 Å². The Bertz CT molecular complexity index is 570. The minimum Gasteiger partial charge on any atom is -0.370 e. The van der Waals surface area contributed by atoms with Crippen LogP contribution in [0.25, 0.3) is 0 Å². The van der Waals surface area contributed by atoms with Crippen LogP contribution in [0.5, 0.6) is 0 Å². The van der Waals surface area contributed by atoms with E-state index in [0.717, 1.165) is 45.1 Å². The quantitative estimate of drug-likeness (QED) is 0.617. The molecule has 3 rings (SSSR count). The number of hydrogen-bond donors (Lipinski definition) is 2. The Labute approximate surface area is 168 Å². The van der Waals surface area contributed by atoms with Crippen molar-refractivity contribution in [2.24, 2.45) is 17.6 Å². The molecule has 1 aliphatic carbocycles. The number of carbonyl (C=O) groups excluding carboxylic acids is 3. The Balaban J connectivity index is 1.62. The van der Waals surface area contributed by atoms with E-state index in [2.05, 4.69) is 12.2 Å². The fourth-order valence-electron chi connectivity index (χ4n) is 4.60. The standard InChI is InChI=1S/C21H36N4O3/c1-2-3-4-18(21(28)24-10-7-16(8-11-24)14-19(22)26)25-12-9-23-17(20(25)27)13-15-5-6-15/h15-18,23H,2-14H2,1H3,(H2,22,26)/t17-,18?/m0/s1. The van der Waals surface area contributed by atoms with Gasteiger partial charge in [0, 0.05) is 32.6 Å². The van der Waals surface area contributed by atoms with E-state index >= 15 is 0 Å². The number of likely N-dealkylation sites (tertiary alicyclic amines) is 1. The lowest BCUT2D eigenvalue weighted by Gasteiger charge is -2.41. The summed E-state index contributed by atoms with van der Waals surface area (Å²) >= 11 is 0. The predicted molar refractivity (Wildman–Crippen MR) is 107 cm³/mol. The molecule has 7 heteroatoms. The van der Waals surface area contributed by atoms with Crippen molar-refractivity contribution in [3.63, 3.8) is 0 Å². The average molecular weight is 393 g/mol. The molecule has 0 bridgehead atoms. The second-order valence-electron chi connectivity index (χ2n) is 8.81. The number of rotatable bonds is 9. The van der Waals surface area contributed by atoms with E-state index in [-0.39, 0.29) is 35.7 Å². The van der Waals surface area contributed by atoms with Crippen LogP contribution in [0.4, 0.5) is 0 Å². The third-order valence-corrected chi connectivity index (χ3v) is 6.50. The first-order valence-electron chi connectivity index (χ1n) is 11.1. The highest BCUT2D eigenvalue weighted by Gasteiger charge is 2.40. The van der Waals surface area contributed by atoms with E-state index in [9.17, 15) is 14.4 Å². The van der Waals surface area contributed by atoms with Crippen molar-refractivity contribution >= 4 is 17.7 Å². The molecule has 0 aromatic heterocycles. The molecule has 0 aromatic carbocycles. The molecule has 7 nitrogen and oxygen atoms in total. The molecule has 2 heterocycles. The molecule has 1 saturated carbocycles. The number of nitrogens with one attached hydrogen (secondary N) is 1. The van der Waals surface area contributed by atoms with Crippen molar-refractivity contribution in [2.75, 3.05) is 26.2 Å². The first kappa shape index (κ1) is 21.1. The fourth-order valence-corrected chi connectivity index (χ4v) is 4.60. The summed E-state index contributed by atoms with van der Waals surface area (Å²) < 4.78 is 0. The van der Waals surface area contributed by atoms with E-state index in [1.165, 1.54) is 12.8 Å². The zero-order valence-electron chi connectivity index (χ0n) is 17.2. The van der Waals surface area contributed by atoms with Crippen LogP contribution in [0.3, 0.4) is 0 Å². The van der Waals surface area contributed by atoms with Gasteiger partial charge in [0.25, 0.3) is 0 Å². The highest BCUT2D eigenvalue weighted by atomic mass is 16.2. The van der Waals surface area contributed by atoms with Crippen molar-refractivity contribution in [3.05, 3.63) is 0 Å². The van der Waals surface area contributed by atoms with Crippen molar-refractivity contribution in [1.82, 2.24) is 15.1 Å². The van der Waals surface area contributed by atoms with Crippen LogP contribution in [-0.4, -0.2) is 65.8 Å². The molecule has 0 radical (unpaired) electrons. The molecule has 3 amide bonds. The van der Waals surface area contributed by atoms with Gasteiger partial charge in [-0.25, -0.2) is 0 Å². The second kappa shape index (κ2) is 9.72. The van der Waals surface area contributed by atoms with Crippen LogP contribution in [0, 0.1) is 11.8 Å². The third kappa shape index (κ3) is 5.46. The normalized spacial score (nSPS) is 25.0. The number of nitrogens with zero attached hydrogens (tertiary/aromatic N) is 2. The van der Waals surface area contributed by atoms with Gasteiger partial charge in [0.1, 0.15) is 6.04 Å². The first-order chi connectivity index (χ1) is 13.5. The summed E-state index contributed by atoms with van der Waals surface area (Å²) in [5, 5.41) is 3.36. The Morgan fingerprint density at radius 1 is 1.14 bits per heavy atom. The maximum Gasteiger partial charge on any atom is 0.245 e. The molecule has 1 unspecified atom stereocenters. The molecule has 2 aliphatic heterocycles. The van der Waals surface area contributed by atoms with Crippen LogP contribution in [0.1, 0.15) is 64.7 Å². The molecule has 28 heavy (non-hydrogen) atoms. The lowest BCUT2D eigenvalue weighted by atomic mass is 9.92. The van der Waals surface area contributed by atoms with E-state index in [1.807, 2.05) is 9.80 Å². The predicted octanol–water partition coefficient (Wildman–Crippen LogP) is 1.26. The van der Waals surface area contributed by atoms with Crippen molar-refractivity contribution in [3.8, 4) is 0 Å². The second-order valence-corrected chi connectivity index (χ2v) is 8.81. The number of piperazine rings is 1. The van der Waals surface area contributed by atoms with E-state index < -0.39 is 0 Å². The van der Waals surface area contributed by atoms with E-state index in [0.29, 0.717) is 32.0 Å². The maximum absolute atomic E-state index is 13.3. The number of amides is 3. The van der Waals surface area contributed by atoms with Gasteiger partial charge >= 0.3 is 0 Å². The monoisotopic (exact) mass is 392 g/mol. The molecule has 0 spiro atoms. The zero-order valence-corrected chi connectivity index (χ0v) is 17.2. The SMILES string of the molecule is CCCCC(C(=O)N1CCC(CC(N)=O)CC1)N1CCN[C@@H](CC2CC2)C1=O. The van der Waals surface area contributed by atoms with Crippen LogP contribution >= 0.6 is 0 Å². The Hall–Kier alpha value is -1.63. The molecule has 3 aliphatic rings. The fraction of sp³-hybridized carbons (Fsp3) is 0.857. The van der Waals surface area contributed by atoms with Gasteiger partial charge in [0.05, 0.1) is 6.04 Å². The number of piperidine rings is 1. The minimum atomic E-state index is -0.344. The van der Waals surface area contributed by atoms with Gasteiger partial charge in [-0.05, 0) is 37.5 Å². The highest BCUT2D eigenvalue weighted by Crippen LogP contribution is 2.34. The first-order valence-corrected chi connectivity index (χ1v) is 11.1. The topological polar surface area (TPSA) is 95.7 Å². The van der Waals surface area contributed by atoms with Crippen molar-refractivity contribution < 1.29 is 14.4 Å². The summed E-state index contributed by atoms with van der Waals surface area (Å²) in [6.07, 6.45) is 8.08. The van der Waals surface area contributed by atoms with Gasteiger partial charge in [-0.3, -0.25) is 14.4 Å². The van der Waals surface area contributed by atoms with Gasteiger partial charge in [-0.1, -0.05) is 32.6 Å². The summed E-state index contributed by atoms with van der Waals surface area (Å²) in [6.45, 7) is 4.81. The minimum absolute atomic E-state index is 0.0893. The van der Waals surface area contributed by atoms with Crippen molar-refractivity contribution in [1.29, 1.82) is 0 Å². The van der Waals surface area contributed by atoms with Gasteiger partial charge in [0.2, 0.25) is 17.7 Å². The number of nitrogens with two attached hydrogens (primary N) is 1. The maximum atomic E-state index is 13.3. The van der Waals surface area contributed by atoms with Crippen molar-refractivity contribution in [2.45, 2.75) is 76.8 Å². The summed E-state index contributed by atoms with van der Waals surface area (Å²) in [4.78, 5) is 41.4. The molecular weight excluding hydrogens is 356 g/mol. The summed E-state index contributed by atoms with van der Waals surface area (Å²) in [5.74, 6) is 0.885. The van der Waals surface area contributed by atoms with Crippen LogP contribution < -0.4 is 11.1 Å². The van der Waals surface area contributed by atoms with Crippen LogP contribution in [-0.2, 0) is 14.4 Å². The Kier molecular flexibility index (Phi) is 7.32. The van der Waals surface area contributed by atoms with Gasteiger partial charge in [-0.2, -0.15) is 0 Å². The molecule has 0 aromatic rings. The number of carbonyl (C=O) groups is 3. The number of hydrogen-bond acceptors (Lipinski definition) is 4. The lowest BCUT2D eigenvalue weighted by Crippen LogP contribution is -2.61. The van der Waals surface area contributed by atoms with Gasteiger partial charge < -0.3 is 20.9 Å². The number of primary amides is 1. The molecule has 2 atom stereocenters. The molecular formula is C21H36N4O3. The van der Waals surface area contributed by atoms with Crippen LogP contribution in [0.15, 0.2) is 0 Å². The molecule has 3 N–H and O–H groups in total. The average Bonchev–Trinajstić information content (AvgIpc) is 3.49. The lowest BCUT2D eigenvalue weighted by molar-refractivity contribution is -0.150. The Morgan fingerprint density at radius 2 is 1.86 bits per heavy atom. The largest absolute Gasteiger partial charge is 0.370 e. The van der Waals surface area contributed by atoms with Gasteiger partial charge in [-0.15, -0.1) is 0 Å². The highest BCUT2D eigenvalue weighted by molar-refractivity contribution is 5.90. The molecule has 158 valence electrons. The number of unbranched alkanes of at least 4 members (excludes halogenated alkanes) is 1. The summed E-state index contributed by atoms with van der Waals surface area (Å²) in [7, 11) is 0. The van der Waals surface area contributed by atoms with Gasteiger partial charge in [0.15, 0.2) is 0 Å². The smallest absolute Gasteiger partial charge is 0.245 e. The summed E-state index contributed by atoms with van der Waals surface area (Å²) in [5.41, 5.74) is 5.32. The van der Waals surface area contributed by atoms with E-state index in [4.69, 9.17) is 5.73 Å². The molecule has 3 fully saturated rings. The zero-order chi connectivity index (χ0) is 20.1. The molecule has 2 saturated heterocycles. The Morgan fingerprint density at radius 3 is 2.46 bits per heavy atom.